The number of hydrogen-bond donors (Lipinski definition) is 1. The number of hydrogen-bond acceptors (Lipinski definition) is 8. The fraction of sp³-hybridized carbons (Fsp3) is 0.400. The molecule has 124 valence electrons. The molecule has 9 nitrogen and oxygen atoms in total. The van der Waals surface area contributed by atoms with Crippen molar-refractivity contribution in [2.45, 2.75) is 0 Å². The number of nitrogens with zero attached hydrogens (tertiary/aromatic N) is 8. The van der Waals surface area contributed by atoms with Crippen molar-refractivity contribution in [2.24, 2.45) is 0 Å². The van der Waals surface area contributed by atoms with Gasteiger partial charge in [-0.25, -0.2) is 19.9 Å². The van der Waals surface area contributed by atoms with Gasteiger partial charge in [-0.05, 0) is 6.07 Å². The second kappa shape index (κ2) is 5.91. The van der Waals surface area contributed by atoms with Gasteiger partial charge in [-0.3, -0.25) is 0 Å². The van der Waals surface area contributed by atoms with Crippen LogP contribution in [-0.2, 0) is 0 Å². The average molecular weight is 325 g/mol. The van der Waals surface area contributed by atoms with Gasteiger partial charge in [-0.1, -0.05) is 0 Å². The van der Waals surface area contributed by atoms with Crippen LogP contribution in [0.25, 0.3) is 11.2 Å². The van der Waals surface area contributed by atoms with E-state index in [0.717, 1.165) is 49.3 Å². The summed E-state index contributed by atoms with van der Waals surface area (Å²) in [4.78, 5) is 31.3. The summed E-state index contributed by atoms with van der Waals surface area (Å²) >= 11 is 0. The van der Waals surface area contributed by atoms with Crippen molar-refractivity contribution < 1.29 is 0 Å². The molecule has 3 aromatic rings. The normalized spacial score (nSPS) is 15.1. The summed E-state index contributed by atoms with van der Waals surface area (Å²) in [7, 11) is 3.89. The molecule has 1 fully saturated rings. The van der Waals surface area contributed by atoms with E-state index in [4.69, 9.17) is 0 Å². The molecule has 0 unspecified atom stereocenters. The molecule has 4 rings (SSSR count). The molecule has 1 aliphatic rings. The number of aromatic amines is 1. The summed E-state index contributed by atoms with van der Waals surface area (Å²) < 4.78 is 0. The van der Waals surface area contributed by atoms with E-state index in [1.807, 2.05) is 31.3 Å². The highest BCUT2D eigenvalue weighted by Gasteiger charge is 2.21. The quantitative estimate of drug-likeness (QED) is 0.746. The van der Waals surface area contributed by atoms with Crippen LogP contribution in [0.15, 0.2) is 24.9 Å². The first-order chi connectivity index (χ1) is 11.7. The van der Waals surface area contributed by atoms with E-state index in [9.17, 15) is 0 Å². The Morgan fingerprint density at radius 3 is 2.58 bits per heavy atom. The molecule has 0 spiro atoms. The highest BCUT2D eigenvalue weighted by atomic mass is 15.3. The molecule has 0 bridgehead atoms. The van der Waals surface area contributed by atoms with Crippen LogP contribution in [0, 0.1) is 0 Å². The zero-order valence-corrected chi connectivity index (χ0v) is 13.7. The maximum Gasteiger partial charge on any atom is 0.226 e. The van der Waals surface area contributed by atoms with Crippen LogP contribution in [0.2, 0.25) is 0 Å². The van der Waals surface area contributed by atoms with Gasteiger partial charge < -0.3 is 19.7 Å². The molecule has 1 aliphatic heterocycles. The molecular formula is C15H19N9. The van der Waals surface area contributed by atoms with Crippen molar-refractivity contribution in [1.29, 1.82) is 0 Å². The Morgan fingerprint density at radius 1 is 1.00 bits per heavy atom. The third-order valence-electron chi connectivity index (χ3n) is 4.13. The van der Waals surface area contributed by atoms with Crippen molar-refractivity contribution in [2.75, 3.05) is 55.0 Å². The largest absolute Gasteiger partial charge is 0.353 e. The van der Waals surface area contributed by atoms with Gasteiger partial charge in [-0.15, -0.1) is 0 Å². The average Bonchev–Trinajstić information content (AvgIpc) is 3.11. The molecule has 4 heterocycles. The van der Waals surface area contributed by atoms with E-state index in [0.29, 0.717) is 5.65 Å². The number of nitrogens with one attached hydrogen (secondary N) is 1. The third kappa shape index (κ3) is 2.57. The minimum atomic E-state index is 0.703. The van der Waals surface area contributed by atoms with E-state index < -0.39 is 0 Å². The van der Waals surface area contributed by atoms with Crippen LogP contribution in [0.1, 0.15) is 0 Å². The van der Waals surface area contributed by atoms with E-state index in [1.165, 1.54) is 0 Å². The van der Waals surface area contributed by atoms with Gasteiger partial charge in [0.25, 0.3) is 0 Å². The van der Waals surface area contributed by atoms with Gasteiger partial charge >= 0.3 is 0 Å². The number of H-pyrrole nitrogens is 1. The van der Waals surface area contributed by atoms with Crippen LogP contribution in [0.3, 0.4) is 0 Å². The third-order valence-corrected chi connectivity index (χ3v) is 4.13. The summed E-state index contributed by atoms with van der Waals surface area (Å²) in [5.41, 5.74) is 1.59. The molecule has 1 saturated heterocycles. The molecule has 0 atom stereocenters. The lowest BCUT2D eigenvalue weighted by atomic mass is 10.3. The molecule has 0 radical (unpaired) electrons. The summed E-state index contributed by atoms with van der Waals surface area (Å²) in [6, 6.07) is 1.96. The minimum Gasteiger partial charge on any atom is -0.353 e. The van der Waals surface area contributed by atoms with Crippen molar-refractivity contribution in [1.82, 2.24) is 29.9 Å². The second-order valence-corrected chi connectivity index (χ2v) is 5.88. The Hall–Kier alpha value is -2.97. The van der Waals surface area contributed by atoms with Gasteiger partial charge in [0.2, 0.25) is 5.95 Å². The van der Waals surface area contributed by atoms with Gasteiger partial charge in [0, 0.05) is 46.5 Å². The molecule has 3 aromatic heterocycles. The number of aromatic nitrogens is 6. The summed E-state index contributed by atoms with van der Waals surface area (Å²) in [5, 5.41) is 0. The first-order valence-electron chi connectivity index (χ1n) is 7.87. The Labute approximate surface area is 139 Å². The summed E-state index contributed by atoms with van der Waals surface area (Å²) in [6.07, 6.45) is 5.03. The smallest absolute Gasteiger partial charge is 0.226 e. The van der Waals surface area contributed by atoms with E-state index in [1.54, 1.807) is 12.7 Å². The summed E-state index contributed by atoms with van der Waals surface area (Å²) in [5.74, 6) is 2.60. The van der Waals surface area contributed by atoms with Crippen molar-refractivity contribution >= 4 is 28.7 Å². The fourth-order valence-corrected chi connectivity index (χ4v) is 2.87. The molecule has 0 amide bonds. The lowest BCUT2D eigenvalue weighted by Gasteiger charge is -2.36. The van der Waals surface area contributed by atoms with Crippen molar-refractivity contribution in [3.05, 3.63) is 24.9 Å². The molecule has 1 N–H and O–H groups in total. The Kier molecular flexibility index (Phi) is 3.60. The fourth-order valence-electron chi connectivity index (χ4n) is 2.87. The van der Waals surface area contributed by atoms with E-state index >= 15 is 0 Å². The number of imidazole rings is 1. The van der Waals surface area contributed by atoms with Gasteiger partial charge in [0.15, 0.2) is 11.5 Å². The van der Waals surface area contributed by atoms with Crippen LogP contribution in [0.4, 0.5) is 17.6 Å². The number of fused-ring (bicyclic) bond motifs is 1. The minimum absolute atomic E-state index is 0.703. The van der Waals surface area contributed by atoms with Crippen LogP contribution < -0.4 is 14.7 Å². The van der Waals surface area contributed by atoms with Crippen molar-refractivity contribution in [3.63, 3.8) is 0 Å². The Bertz CT molecular complexity index is 836. The molecule has 0 saturated carbocycles. The zero-order chi connectivity index (χ0) is 16.5. The lowest BCUT2D eigenvalue weighted by molar-refractivity contribution is 0.642. The van der Waals surface area contributed by atoms with Crippen LogP contribution >= 0.6 is 0 Å². The predicted octanol–water partition coefficient (Wildman–Crippen LogP) is 0.535. The van der Waals surface area contributed by atoms with E-state index in [2.05, 4.69) is 39.7 Å². The standard InChI is InChI=1S/C15H19N9/c1-22(2)15-16-4-3-11(21-15)23-5-7-24(8-6-23)14-12-13(18-9-17-12)19-10-20-14/h3-4,9-10H,5-8H2,1-2H3,(H,17,18,19,20). The highest BCUT2D eigenvalue weighted by Crippen LogP contribution is 2.22. The second-order valence-electron chi connectivity index (χ2n) is 5.88. The SMILES string of the molecule is CN(C)c1nccc(N2CCN(c3ncnc4nc[nH]c34)CC2)n1. The molecule has 24 heavy (non-hydrogen) atoms. The summed E-state index contributed by atoms with van der Waals surface area (Å²) in [6.45, 7) is 3.49. The Morgan fingerprint density at radius 2 is 1.79 bits per heavy atom. The van der Waals surface area contributed by atoms with Gasteiger partial charge in [-0.2, -0.15) is 4.98 Å². The Balaban J connectivity index is 1.51. The number of piperazine rings is 1. The molecular weight excluding hydrogens is 306 g/mol. The maximum absolute atomic E-state index is 4.62. The van der Waals surface area contributed by atoms with Crippen molar-refractivity contribution in [3.8, 4) is 0 Å². The topological polar surface area (TPSA) is 90.0 Å². The molecule has 0 aromatic carbocycles. The van der Waals surface area contributed by atoms with Crippen LogP contribution in [-0.4, -0.2) is 70.2 Å². The predicted molar refractivity (Wildman–Crippen MR) is 92.5 cm³/mol. The number of rotatable bonds is 3. The maximum atomic E-state index is 4.62. The highest BCUT2D eigenvalue weighted by molar-refractivity contribution is 5.82. The van der Waals surface area contributed by atoms with E-state index in [-0.39, 0.29) is 0 Å². The zero-order valence-electron chi connectivity index (χ0n) is 13.7. The molecule has 9 heteroatoms. The monoisotopic (exact) mass is 325 g/mol. The number of anilines is 3. The van der Waals surface area contributed by atoms with Gasteiger partial charge in [0.1, 0.15) is 17.7 Å². The van der Waals surface area contributed by atoms with Gasteiger partial charge in [0.05, 0.1) is 6.33 Å². The first-order valence-corrected chi connectivity index (χ1v) is 7.87. The lowest BCUT2D eigenvalue weighted by Crippen LogP contribution is -2.47. The van der Waals surface area contributed by atoms with Crippen LogP contribution in [0.5, 0.6) is 0 Å². The molecule has 0 aliphatic carbocycles. The first kappa shape index (κ1) is 14.6.